The van der Waals surface area contributed by atoms with Crippen LogP contribution in [0, 0.1) is 13.8 Å². The Morgan fingerprint density at radius 1 is 0.833 bits per heavy atom. The third kappa shape index (κ3) is 3.78. The first kappa shape index (κ1) is 20.0. The maximum atomic E-state index is 5.36. The van der Waals surface area contributed by atoms with Gasteiger partial charge in [0.2, 0.25) is 0 Å². The molecule has 0 radical (unpaired) electrons. The molecule has 0 aromatic heterocycles. The van der Waals surface area contributed by atoms with Crippen LogP contribution in [0.3, 0.4) is 0 Å². The van der Waals surface area contributed by atoms with E-state index in [-0.39, 0.29) is 5.54 Å². The van der Waals surface area contributed by atoms with Crippen molar-refractivity contribution in [3.05, 3.63) is 82.9 Å². The predicted molar refractivity (Wildman–Crippen MR) is 124 cm³/mol. The zero-order chi connectivity index (χ0) is 21.3. The molecule has 0 amide bonds. The number of nitrogens with zero attached hydrogens (tertiary/aromatic N) is 1. The molecule has 1 unspecified atom stereocenters. The van der Waals surface area contributed by atoms with E-state index in [2.05, 4.69) is 62.5 Å². The summed E-state index contributed by atoms with van der Waals surface area (Å²) in [6.45, 7) is 6.50. The van der Waals surface area contributed by atoms with E-state index in [0.717, 1.165) is 40.6 Å². The van der Waals surface area contributed by atoms with Crippen LogP contribution in [-0.4, -0.2) is 19.9 Å². The van der Waals surface area contributed by atoms with Gasteiger partial charge in [-0.1, -0.05) is 12.1 Å². The summed E-state index contributed by atoms with van der Waals surface area (Å²) < 4.78 is 10.7. The first-order chi connectivity index (χ1) is 14.4. The molecule has 3 aromatic rings. The first-order valence-corrected chi connectivity index (χ1v) is 10.2. The molecule has 1 heterocycles. The predicted octanol–water partition coefficient (Wildman–Crippen LogP) is 6.17. The van der Waals surface area contributed by atoms with Gasteiger partial charge in [0.1, 0.15) is 11.5 Å². The van der Waals surface area contributed by atoms with Crippen LogP contribution in [0.15, 0.2) is 65.7 Å². The van der Waals surface area contributed by atoms with E-state index in [1.54, 1.807) is 14.2 Å². The fraction of sp³-hybridized carbons (Fsp3) is 0.269. The number of methoxy groups -OCH3 is 2. The minimum absolute atomic E-state index is 0.321. The quantitative estimate of drug-likeness (QED) is 0.569. The Bertz CT molecular complexity index is 1090. The number of benzene rings is 3. The van der Waals surface area contributed by atoms with Crippen LogP contribution in [0.2, 0.25) is 0 Å². The van der Waals surface area contributed by atoms with E-state index in [1.165, 1.54) is 16.7 Å². The van der Waals surface area contributed by atoms with Crippen molar-refractivity contribution in [1.29, 1.82) is 0 Å². The van der Waals surface area contributed by atoms with E-state index < -0.39 is 0 Å². The third-order valence-corrected chi connectivity index (χ3v) is 5.95. The van der Waals surface area contributed by atoms with Crippen LogP contribution in [0.25, 0.3) is 0 Å². The number of fused-ring (bicyclic) bond motifs is 1. The second-order valence-corrected chi connectivity index (χ2v) is 8.10. The van der Waals surface area contributed by atoms with E-state index in [1.807, 2.05) is 24.3 Å². The third-order valence-electron chi connectivity index (χ3n) is 5.95. The Labute approximate surface area is 178 Å². The van der Waals surface area contributed by atoms with Crippen molar-refractivity contribution in [3.8, 4) is 11.5 Å². The minimum atomic E-state index is -0.321. The minimum Gasteiger partial charge on any atom is -0.497 e. The molecular formula is C26H28N2O2. The number of ether oxygens (including phenoxy) is 2. The Morgan fingerprint density at radius 2 is 1.40 bits per heavy atom. The molecule has 0 spiro atoms. The summed E-state index contributed by atoms with van der Waals surface area (Å²) in [5, 5.41) is 3.80. The molecule has 1 atom stereocenters. The fourth-order valence-electron chi connectivity index (χ4n) is 3.94. The van der Waals surface area contributed by atoms with Crippen molar-refractivity contribution in [2.45, 2.75) is 32.7 Å². The van der Waals surface area contributed by atoms with Gasteiger partial charge in [0, 0.05) is 6.42 Å². The Morgan fingerprint density at radius 3 is 2.00 bits per heavy atom. The van der Waals surface area contributed by atoms with Gasteiger partial charge in [0.05, 0.1) is 36.8 Å². The molecule has 0 fully saturated rings. The van der Waals surface area contributed by atoms with Crippen LogP contribution in [0.5, 0.6) is 11.5 Å². The van der Waals surface area contributed by atoms with Gasteiger partial charge in [-0.05, 0) is 91.6 Å². The summed E-state index contributed by atoms with van der Waals surface area (Å²) in [4.78, 5) is 5.11. The normalized spacial score (nSPS) is 18.0. The second-order valence-electron chi connectivity index (χ2n) is 8.10. The monoisotopic (exact) mass is 400 g/mol. The Hall–Kier alpha value is -3.27. The molecule has 1 aliphatic heterocycles. The van der Waals surface area contributed by atoms with Crippen LogP contribution < -0.4 is 14.8 Å². The number of nitrogens with one attached hydrogen (secondary N) is 1. The lowest BCUT2D eigenvalue weighted by Gasteiger charge is -2.32. The molecule has 0 aliphatic carbocycles. The van der Waals surface area contributed by atoms with Crippen LogP contribution in [-0.2, 0) is 5.54 Å². The van der Waals surface area contributed by atoms with Crippen molar-refractivity contribution in [1.82, 2.24) is 0 Å². The van der Waals surface area contributed by atoms with Gasteiger partial charge in [-0.15, -0.1) is 0 Å². The lowest BCUT2D eigenvalue weighted by Crippen LogP contribution is -2.33. The molecule has 30 heavy (non-hydrogen) atoms. The molecule has 1 N–H and O–H groups in total. The summed E-state index contributed by atoms with van der Waals surface area (Å²) in [6, 6.07) is 20.8. The highest BCUT2D eigenvalue weighted by molar-refractivity contribution is 6.04. The number of hydrogen-bond acceptors (Lipinski definition) is 4. The summed E-state index contributed by atoms with van der Waals surface area (Å²) >= 11 is 0. The van der Waals surface area contributed by atoms with Gasteiger partial charge >= 0.3 is 0 Å². The Kier molecular flexibility index (Phi) is 5.25. The molecule has 4 nitrogen and oxygen atoms in total. The fourth-order valence-corrected chi connectivity index (χ4v) is 3.94. The molecule has 4 rings (SSSR count). The van der Waals surface area contributed by atoms with E-state index in [9.17, 15) is 0 Å². The zero-order valence-corrected chi connectivity index (χ0v) is 18.2. The topological polar surface area (TPSA) is 42.8 Å². The largest absolute Gasteiger partial charge is 0.497 e. The molecule has 1 aliphatic rings. The number of aryl methyl sites for hydroxylation is 2. The van der Waals surface area contributed by atoms with E-state index in [0.29, 0.717) is 0 Å². The first-order valence-electron chi connectivity index (χ1n) is 10.2. The summed E-state index contributed by atoms with van der Waals surface area (Å²) in [5.74, 6) is 1.70. The highest BCUT2D eigenvalue weighted by Gasteiger charge is 2.32. The average molecular weight is 401 g/mol. The van der Waals surface area contributed by atoms with Gasteiger partial charge in [-0.25, -0.2) is 0 Å². The smallest absolute Gasteiger partial charge is 0.118 e. The number of aliphatic imine (C=N–C) groups is 1. The standard InChI is InChI=1S/C26H28N2O2/c1-17-14-23-24(15-18(17)2)28-26(3,20-8-12-22(30-5)13-9-20)16-25(27-23)19-6-10-21(29-4)11-7-19/h6-15,28H,16H2,1-5H3. The van der Waals surface area contributed by atoms with Crippen molar-refractivity contribution in [2.75, 3.05) is 19.5 Å². The van der Waals surface area contributed by atoms with Crippen molar-refractivity contribution in [2.24, 2.45) is 4.99 Å². The zero-order valence-electron chi connectivity index (χ0n) is 18.2. The molecule has 0 bridgehead atoms. The molecule has 4 heteroatoms. The van der Waals surface area contributed by atoms with Crippen molar-refractivity contribution >= 4 is 17.1 Å². The van der Waals surface area contributed by atoms with Crippen LogP contribution in [0.1, 0.15) is 35.6 Å². The maximum Gasteiger partial charge on any atom is 0.118 e. The second kappa shape index (κ2) is 7.86. The Balaban J connectivity index is 1.84. The molecular weight excluding hydrogens is 372 g/mol. The van der Waals surface area contributed by atoms with Crippen molar-refractivity contribution in [3.63, 3.8) is 0 Å². The van der Waals surface area contributed by atoms with E-state index >= 15 is 0 Å². The van der Waals surface area contributed by atoms with Gasteiger partial charge in [0.25, 0.3) is 0 Å². The van der Waals surface area contributed by atoms with Crippen LogP contribution in [0.4, 0.5) is 11.4 Å². The highest BCUT2D eigenvalue weighted by Crippen LogP contribution is 2.40. The number of rotatable bonds is 4. The lowest BCUT2D eigenvalue weighted by atomic mass is 9.85. The number of anilines is 1. The lowest BCUT2D eigenvalue weighted by molar-refractivity contribution is 0.414. The van der Waals surface area contributed by atoms with Crippen molar-refractivity contribution < 1.29 is 9.47 Å². The summed E-state index contributed by atoms with van der Waals surface area (Å²) in [5.41, 5.74) is 7.53. The molecule has 0 saturated heterocycles. The van der Waals surface area contributed by atoms with Gasteiger partial charge in [0.15, 0.2) is 0 Å². The van der Waals surface area contributed by atoms with Gasteiger partial charge in [-0.2, -0.15) is 0 Å². The van der Waals surface area contributed by atoms with Gasteiger partial charge < -0.3 is 14.8 Å². The van der Waals surface area contributed by atoms with Crippen LogP contribution >= 0.6 is 0 Å². The summed E-state index contributed by atoms with van der Waals surface area (Å²) in [7, 11) is 3.38. The summed E-state index contributed by atoms with van der Waals surface area (Å²) in [6.07, 6.45) is 0.748. The maximum absolute atomic E-state index is 5.36. The van der Waals surface area contributed by atoms with Gasteiger partial charge in [-0.3, -0.25) is 4.99 Å². The molecule has 3 aromatic carbocycles. The number of hydrogen-bond donors (Lipinski definition) is 1. The molecule has 154 valence electrons. The van der Waals surface area contributed by atoms with E-state index in [4.69, 9.17) is 14.5 Å². The highest BCUT2D eigenvalue weighted by atomic mass is 16.5. The average Bonchev–Trinajstić information content (AvgIpc) is 2.91. The molecule has 0 saturated carbocycles. The SMILES string of the molecule is COc1ccc(C2=Nc3cc(C)c(C)cc3NC(C)(c3ccc(OC)cc3)C2)cc1.